The molecule has 22 heavy (non-hydrogen) atoms. The fourth-order valence-electron chi connectivity index (χ4n) is 2.07. The van der Waals surface area contributed by atoms with Gasteiger partial charge in [-0.2, -0.15) is 0 Å². The molecule has 6 nitrogen and oxygen atoms in total. The number of nitrogens with one attached hydrogen (secondary N) is 2. The third-order valence-electron chi connectivity index (χ3n) is 3.13. The van der Waals surface area contributed by atoms with Gasteiger partial charge in [-0.15, -0.1) is 5.10 Å². The van der Waals surface area contributed by atoms with Crippen LogP contribution in [0.5, 0.6) is 0 Å². The monoisotopic (exact) mass is 299 g/mol. The zero-order chi connectivity index (χ0) is 15.4. The molecule has 7 heteroatoms. The fourth-order valence-corrected chi connectivity index (χ4v) is 2.07. The first-order chi connectivity index (χ1) is 10.7. The Balaban J connectivity index is 1.52. The predicted molar refractivity (Wildman–Crippen MR) is 80.9 cm³/mol. The van der Waals surface area contributed by atoms with Crippen LogP contribution < -0.4 is 10.6 Å². The van der Waals surface area contributed by atoms with Crippen molar-refractivity contribution in [1.82, 2.24) is 20.3 Å². The van der Waals surface area contributed by atoms with Gasteiger partial charge in [0, 0.05) is 12.2 Å². The summed E-state index contributed by atoms with van der Waals surface area (Å²) in [7, 11) is 0. The molecule has 0 saturated heterocycles. The van der Waals surface area contributed by atoms with E-state index >= 15 is 0 Å². The number of amides is 2. The molecule has 0 unspecified atom stereocenters. The molecule has 0 aliphatic heterocycles. The number of aromatic nitrogens is 3. The molecular weight excluding hydrogens is 285 g/mol. The van der Waals surface area contributed by atoms with E-state index in [1.165, 1.54) is 24.3 Å². The van der Waals surface area contributed by atoms with Crippen LogP contribution in [-0.4, -0.2) is 27.6 Å². The summed E-state index contributed by atoms with van der Waals surface area (Å²) >= 11 is 0. The van der Waals surface area contributed by atoms with Crippen molar-refractivity contribution in [3.63, 3.8) is 0 Å². The highest BCUT2D eigenvalue weighted by Gasteiger charge is 2.04. The van der Waals surface area contributed by atoms with Gasteiger partial charge < -0.3 is 10.6 Å². The van der Waals surface area contributed by atoms with E-state index in [2.05, 4.69) is 20.9 Å². The summed E-state index contributed by atoms with van der Waals surface area (Å²) in [5.41, 5.74) is 2.27. The van der Waals surface area contributed by atoms with Gasteiger partial charge in [0.25, 0.3) is 0 Å². The number of rotatable bonds is 4. The van der Waals surface area contributed by atoms with Crippen LogP contribution in [0.1, 0.15) is 0 Å². The van der Waals surface area contributed by atoms with Gasteiger partial charge in [0.2, 0.25) is 0 Å². The van der Waals surface area contributed by atoms with Crippen molar-refractivity contribution in [3.8, 4) is 0 Å². The van der Waals surface area contributed by atoms with E-state index in [1.54, 1.807) is 4.68 Å². The maximum atomic E-state index is 12.8. The summed E-state index contributed by atoms with van der Waals surface area (Å²) in [5, 5.41) is 13.4. The Hall–Kier alpha value is -2.96. The average Bonchev–Trinajstić information content (AvgIpc) is 2.93. The molecule has 0 spiro atoms. The lowest BCUT2D eigenvalue weighted by atomic mass is 10.3. The first-order valence-electron chi connectivity index (χ1n) is 6.81. The van der Waals surface area contributed by atoms with Crippen LogP contribution in [0.3, 0.4) is 0 Å². The number of halogens is 1. The van der Waals surface area contributed by atoms with Crippen molar-refractivity contribution in [2.24, 2.45) is 0 Å². The van der Waals surface area contributed by atoms with Gasteiger partial charge in [0.15, 0.2) is 0 Å². The lowest BCUT2D eigenvalue weighted by Crippen LogP contribution is -2.31. The van der Waals surface area contributed by atoms with Gasteiger partial charge in [-0.05, 0) is 36.4 Å². The van der Waals surface area contributed by atoms with Crippen LogP contribution in [0.4, 0.5) is 14.9 Å². The number of para-hydroxylation sites is 1. The molecular formula is C15H14FN5O. The number of hydrogen-bond donors (Lipinski definition) is 2. The van der Waals surface area contributed by atoms with E-state index in [1.807, 2.05) is 24.3 Å². The summed E-state index contributed by atoms with van der Waals surface area (Å²) in [6.45, 7) is 0.914. The van der Waals surface area contributed by atoms with Crippen molar-refractivity contribution in [2.45, 2.75) is 6.54 Å². The van der Waals surface area contributed by atoms with Crippen LogP contribution in [0.25, 0.3) is 11.0 Å². The SMILES string of the molecule is O=C(NCCn1nnc2ccccc21)Nc1ccc(F)cc1. The van der Waals surface area contributed by atoms with Gasteiger partial charge in [-0.1, -0.05) is 17.3 Å². The number of carbonyl (C=O) groups excluding carboxylic acids is 1. The molecule has 0 fully saturated rings. The number of anilines is 1. The van der Waals surface area contributed by atoms with Crippen LogP contribution in [0.15, 0.2) is 48.5 Å². The second-order valence-corrected chi connectivity index (χ2v) is 4.69. The zero-order valence-electron chi connectivity index (χ0n) is 11.7. The second-order valence-electron chi connectivity index (χ2n) is 4.69. The van der Waals surface area contributed by atoms with Gasteiger partial charge in [-0.25, -0.2) is 13.9 Å². The molecule has 2 aromatic carbocycles. The Labute approximate surface area is 125 Å². The van der Waals surface area contributed by atoms with Gasteiger partial charge in [0.1, 0.15) is 11.3 Å². The fraction of sp³-hybridized carbons (Fsp3) is 0.133. The van der Waals surface area contributed by atoms with Crippen molar-refractivity contribution in [2.75, 3.05) is 11.9 Å². The predicted octanol–water partition coefficient (Wildman–Crippen LogP) is 2.39. The maximum Gasteiger partial charge on any atom is 0.319 e. The zero-order valence-corrected chi connectivity index (χ0v) is 11.7. The molecule has 3 aromatic rings. The van der Waals surface area contributed by atoms with E-state index in [9.17, 15) is 9.18 Å². The summed E-state index contributed by atoms with van der Waals surface area (Å²) < 4.78 is 14.5. The highest BCUT2D eigenvalue weighted by molar-refractivity contribution is 5.89. The topological polar surface area (TPSA) is 71.8 Å². The molecule has 0 atom stereocenters. The molecule has 0 aliphatic rings. The third-order valence-corrected chi connectivity index (χ3v) is 3.13. The van der Waals surface area contributed by atoms with Crippen molar-refractivity contribution in [1.29, 1.82) is 0 Å². The Morgan fingerprint density at radius 3 is 2.73 bits per heavy atom. The largest absolute Gasteiger partial charge is 0.336 e. The molecule has 0 radical (unpaired) electrons. The molecule has 0 aliphatic carbocycles. The molecule has 1 aromatic heterocycles. The summed E-state index contributed by atoms with van der Waals surface area (Å²) in [6.07, 6.45) is 0. The minimum atomic E-state index is -0.351. The quantitative estimate of drug-likeness (QED) is 0.777. The number of fused-ring (bicyclic) bond motifs is 1. The Morgan fingerprint density at radius 1 is 1.14 bits per heavy atom. The first-order valence-corrected chi connectivity index (χ1v) is 6.81. The third kappa shape index (κ3) is 3.20. The van der Waals surface area contributed by atoms with Crippen molar-refractivity contribution in [3.05, 3.63) is 54.3 Å². The standard InChI is InChI=1S/C15H14FN5O/c16-11-5-7-12(8-6-11)18-15(22)17-9-10-21-14-4-2-1-3-13(14)19-20-21/h1-8H,9-10H2,(H2,17,18,22). The van der Waals surface area contributed by atoms with Crippen LogP contribution in [0.2, 0.25) is 0 Å². The van der Waals surface area contributed by atoms with Crippen molar-refractivity contribution < 1.29 is 9.18 Å². The number of carbonyl (C=O) groups is 1. The number of urea groups is 1. The van der Waals surface area contributed by atoms with E-state index in [4.69, 9.17) is 0 Å². The van der Waals surface area contributed by atoms with Crippen LogP contribution in [-0.2, 0) is 6.54 Å². The molecule has 1 heterocycles. The second kappa shape index (κ2) is 6.21. The van der Waals surface area contributed by atoms with E-state index < -0.39 is 0 Å². The highest BCUT2D eigenvalue weighted by atomic mass is 19.1. The molecule has 112 valence electrons. The summed E-state index contributed by atoms with van der Waals surface area (Å²) in [6, 6.07) is 12.8. The van der Waals surface area contributed by atoms with Crippen molar-refractivity contribution >= 4 is 22.8 Å². The highest BCUT2D eigenvalue weighted by Crippen LogP contribution is 2.09. The van der Waals surface area contributed by atoms with E-state index in [0.717, 1.165) is 11.0 Å². The van der Waals surface area contributed by atoms with Crippen LogP contribution >= 0.6 is 0 Å². The van der Waals surface area contributed by atoms with Gasteiger partial charge in [0.05, 0.1) is 12.1 Å². The lowest BCUT2D eigenvalue weighted by molar-refractivity contribution is 0.251. The molecule has 3 rings (SSSR count). The van der Waals surface area contributed by atoms with Crippen LogP contribution in [0, 0.1) is 5.82 Å². The Kier molecular flexibility index (Phi) is 3.95. The maximum absolute atomic E-state index is 12.8. The minimum absolute atomic E-state index is 0.344. The average molecular weight is 299 g/mol. The summed E-state index contributed by atoms with van der Waals surface area (Å²) in [4.78, 5) is 11.7. The molecule has 2 amide bonds. The smallest absolute Gasteiger partial charge is 0.319 e. The lowest BCUT2D eigenvalue weighted by Gasteiger charge is -2.07. The van der Waals surface area contributed by atoms with Gasteiger partial charge >= 0.3 is 6.03 Å². The normalized spacial score (nSPS) is 10.6. The Bertz CT molecular complexity index is 784. The number of benzene rings is 2. The molecule has 2 N–H and O–H groups in total. The minimum Gasteiger partial charge on any atom is -0.336 e. The molecule has 0 saturated carbocycles. The Morgan fingerprint density at radius 2 is 1.91 bits per heavy atom. The number of nitrogens with zero attached hydrogens (tertiary/aromatic N) is 3. The first kappa shape index (κ1) is 14.0. The molecule has 0 bridgehead atoms. The van der Waals surface area contributed by atoms with Gasteiger partial charge in [-0.3, -0.25) is 0 Å². The van der Waals surface area contributed by atoms with E-state index in [-0.39, 0.29) is 11.8 Å². The van der Waals surface area contributed by atoms with E-state index in [0.29, 0.717) is 18.8 Å². The summed E-state index contributed by atoms with van der Waals surface area (Å²) in [5.74, 6) is -0.344. The number of hydrogen-bond acceptors (Lipinski definition) is 3.